The van der Waals surface area contributed by atoms with Gasteiger partial charge in [-0.25, -0.2) is 0 Å². The molecule has 0 fully saturated rings. The standard InChI is InChI=1S/C13H19NO2/c1-10(2)16-12-7-6-11(5-4-8-14)9-13(12)15-3/h4-7,9-10H,8,14H2,1-3H3. The van der Waals surface area contributed by atoms with Crippen LogP contribution in [0.4, 0.5) is 0 Å². The SMILES string of the molecule is COc1cc(C=CCN)ccc1OC(C)C. The molecule has 0 saturated carbocycles. The number of rotatable bonds is 5. The average molecular weight is 221 g/mol. The molecule has 3 heteroatoms. The Morgan fingerprint density at radius 2 is 2.06 bits per heavy atom. The van der Waals surface area contributed by atoms with Crippen LogP contribution in [0.2, 0.25) is 0 Å². The summed E-state index contributed by atoms with van der Waals surface area (Å²) in [6, 6.07) is 5.82. The summed E-state index contributed by atoms with van der Waals surface area (Å²) in [4.78, 5) is 0. The molecule has 0 aliphatic rings. The zero-order chi connectivity index (χ0) is 12.0. The summed E-state index contributed by atoms with van der Waals surface area (Å²) in [6.07, 6.45) is 4.00. The molecule has 3 nitrogen and oxygen atoms in total. The Morgan fingerprint density at radius 1 is 1.31 bits per heavy atom. The molecule has 1 aromatic rings. The number of ether oxygens (including phenoxy) is 2. The number of methoxy groups -OCH3 is 1. The van der Waals surface area contributed by atoms with Crippen LogP contribution in [-0.4, -0.2) is 19.8 Å². The molecule has 0 aromatic heterocycles. The van der Waals surface area contributed by atoms with E-state index in [9.17, 15) is 0 Å². The van der Waals surface area contributed by atoms with Crippen molar-refractivity contribution < 1.29 is 9.47 Å². The molecule has 16 heavy (non-hydrogen) atoms. The lowest BCUT2D eigenvalue weighted by atomic mass is 10.2. The van der Waals surface area contributed by atoms with Gasteiger partial charge in [0, 0.05) is 6.54 Å². The van der Waals surface area contributed by atoms with Gasteiger partial charge >= 0.3 is 0 Å². The largest absolute Gasteiger partial charge is 0.493 e. The minimum absolute atomic E-state index is 0.138. The molecule has 0 aliphatic carbocycles. The third-order valence-corrected chi connectivity index (χ3v) is 2.00. The highest BCUT2D eigenvalue weighted by Crippen LogP contribution is 2.29. The van der Waals surface area contributed by atoms with Crippen molar-refractivity contribution in [3.63, 3.8) is 0 Å². The Kier molecular flexibility index (Phi) is 4.86. The summed E-state index contributed by atoms with van der Waals surface area (Å²) in [5, 5.41) is 0. The van der Waals surface area contributed by atoms with E-state index in [2.05, 4.69) is 0 Å². The van der Waals surface area contributed by atoms with Crippen LogP contribution in [0.25, 0.3) is 6.08 Å². The number of hydrogen-bond donors (Lipinski definition) is 1. The maximum absolute atomic E-state index is 5.62. The van der Waals surface area contributed by atoms with Crippen LogP contribution in [0.1, 0.15) is 19.4 Å². The normalized spacial score (nSPS) is 11.1. The molecule has 0 aliphatic heterocycles. The summed E-state index contributed by atoms with van der Waals surface area (Å²) in [5.74, 6) is 1.51. The maximum Gasteiger partial charge on any atom is 0.161 e. The number of nitrogens with two attached hydrogens (primary N) is 1. The summed E-state index contributed by atoms with van der Waals surface area (Å²) in [7, 11) is 1.64. The van der Waals surface area contributed by atoms with Crippen molar-refractivity contribution in [1.29, 1.82) is 0 Å². The smallest absolute Gasteiger partial charge is 0.161 e. The van der Waals surface area contributed by atoms with Crippen LogP contribution in [-0.2, 0) is 0 Å². The summed E-state index contributed by atoms with van der Waals surface area (Å²) < 4.78 is 10.9. The zero-order valence-electron chi connectivity index (χ0n) is 10.1. The molecule has 0 bridgehead atoms. The first kappa shape index (κ1) is 12.6. The lowest BCUT2D eigenvalue weighted by Gasteiger charge is -2.13. The first-order valence-electron chi connectivity index (χ1n) is 5.38. The van der Waals surface area contributed by atoms with E-state index in [4.69, 9.17) is 15.2 Å². The Hall–Kier alpha value is -1.48. The fourth-order valence-corrected chi connectivity index (χ4v) is 1.34. The molecular weight excluding hydrogens is 202 g/mol. The van der Waals surface area contributed by atoms with Crippen LogP contribution in [0, 0.1) is 0 Å². The molecule has 0 unspecified atom stereocenters. The van der Waals surface area contributed by atoms with Crippen molar-refractivity contribution in [3.05, 3.63) is 29.8 Å². The summed E-state index contributed by atoms with van der Waals surface area (Å²) in [5.41, 5.74) is 6.45. The van der Waals surface area contributed by atoms with E-state index in [1.54, 1.807) is 7.11 Å². The summed E-state index contributed by atoms with van der Waals surface area (Å²) in [6.45, 7) is 4.51. The minimum Gasteiger partial charge on any atom is -0.493 e. The van der Waals surface area contributed by atoms with Crippen LogP contribution >= 0.6 is 0 Å². The van der Waals surface area contributed by atoms with E-state index in [1.165, 1.54) is 0 Å². The van der Waals surface area contributed by atoms with Gasteiger partial charge in [-0.3, -0.25) is 0 Å². The van der Waals surface area contributed by atoms with E-state index < -0.39 is 0 Å². The lowest BCUT2D eigenvalue weighted by Crippen LogP contribution is -2.06. The van der Waals surface area contributed by atoms with Crippen LogP contribution in [0.15, 0.2) is 24.3 Å². The van der Waals surface area contributed by atoms with E-state index in [0.29, 0.717) is 6.54 Å². The second kappa shape index (κ2) is 6.18. The maximum atomic E-state index is 5.62. The van der Waals surface area contributed by atoms with Crippen LogP contribution in [0.3, 0.4) is 0 Å². The highest BCUT2D eigenvalue weighted by Gasteiger charge is 2.06. The van der Waals surface area contributed by atoms with E-state index >= 15 is 0 Å². The molecule has 1 aromatic carbocycles. The first-order valence-corrected chi connectivity index (χ1v) is 5.38. The van der Waals surface area contributed by atoms with Gasteiger partial charge in [0.05, 0.1) is 13.2 Å². The summed E-state index contributed by atoms with van der Waals surface area (Å²) >= 11 is 0. The van der Waals surface area contributed by atoms with Gasteiger partial charge in [-0.2, -0.15) is 0 Å². The zero-order valence-corrected chi connectivity index (χ0v) is 10.1. The van der Waals surface area contributed by atoms with Crippen LogP contribution in [0.5, 0.6) is 11.5 Å². The molecule has 0 atom stereocenters. The fraction of sp³-hybridized carbons (Fsp3) is 0.385. The van der Waals surface area contributed by atoms with E-state index in [-0.39, 0.29) is 6.10 Å². The van der Waals surface area contributed by atoms with Crippen molar-refractivity contribution in [2.45, 2.75) is 20.0 Å². The number of benzene rings is 1. The van der Waals surface area contributed by atoms with Crippen molar-refractivity contribution >= 4 is 6.08 Å². The van der Waals surface area contributed by atoms with Crippen molar-refractivity contribution in [3.8, 4) is 11.5 Å². The van der Waals surface area contributed by atoms with Gasteiger partial charge in [-0.15, -0.1) is 0 Å². The van der Waals surface area contributed by atoms with Crippen molar-refractivity contribution in [1.82, 2.24) is 0 Å². The van der Waals surface area contributed by atoms with Gasteiger partial charge in [0.1, 0.15) is 0 Å². The van der Waals surface area contributed by atoms with Gasteiger partial charge in [-0.05, 0) is 31.5 Å². The molecule has 0 heterocycles. The van der Waals surface area contributed by atoms with Gasteiger partial charge < -0.3 is 15.2 Å². The average Bonchev–Trinajstić information content (AvgIpc) is 2.27. The second-order valence-corrected chi connectivity index (χ2v) is 3.71. The third-order valence-electron chi connectivity index (χ3n) is 2.00. The Labute approximate surface area is 96.9 Å². The monoisotopic (exact) mass is 221 g/mol. The first-order chi connectivity index (χ1) is 7.67. The van der Waals surface area contributed by atoms with Gasteiger partial charge in [-0.1, -0.05) is 18.2 Å². The third kappa shape index (κ3) is 3.59. The lowest BCUT2D eigenvalue weighted by molar-refractivity contribution is 0.230. The van der Waals surface area contributed by atoms with Crippen LogP contribution < -0.4 is 15.2 Å². The minimum atomic E-state index is 0.138. The molecule has 88 valence electrons. The predicted octanol–water partition coefficient (Wildman–Crippen LogP) is 2.45. The molecule has 0 saturated heterocycles. The van der Waals surface area contributed by atoms with E-state index in [0.717, 1.165) is 17.1 Å². The Balaban J connectivity index is 2.92. The van der Waals surface area contributed by atoms with E-state index in [1.807, 2.05) is 44.2 Å². The topological polar surface area (TPSA) is 44.5 Å². The van der Waals surface area contributed by atoms with Gasteiger partial charge in [0.15, 0.2) is 11.5 Å². The Morgan fingerprint density at radius 3 is 2.62 bits per heavy atom. The highest BCUT2D eigenvalue weighted by molar-refractivity contribution is 5.56. The fourth-order valence-electron chi connectivity index (χ4n) is 1.34. The second-order valence-electron chi connectivity index (χ2n) is 3.71. The molecule has 0 spiro atoms. The molecule has 0 radical (unpaired) electrons. The van der Waals surface area contributed by atoms with Crippen molar-refractivity contribution in [2.24, 2.45) is 5.73 Å². The highest BCUT2D eigenvalue weighted by atomic mass is 16.5. The molecule has 0 amide bonds. The number of hydrogen-bond acceptors (Lipinski definition) is 3. The van der Waals surface area contributed by atoms with Crippen molar-refractivity contribution in [2.75, 3.05) is 13.7 Å². The quantitative estimate of drug-likeness (QED) is 0.830. The van der Waals surface area contributed by atoms with Gasteiger partial charge in [0.25, 0.3) is 0 Å². The molecular formula is C13H19NO2. The predicted molar refractivity (Wildman–Crippen MR) is 66.8 cm³/mol. The van der Waals surface area contributed by atoms with Gasteiger partial charge in [0.2, 0.25) is 0 Å². The molecule has 2 N–H and O–H groups in total. The Bertz CT molecular complexity index is 359. The molecule has 1 rings (SSSR count).